The topological polar surface area (TPSA) is 34.0 Å². The van der Waals surface area contributed by atoms with E-state index in [-0.39, 0.29) is 5.91 Å². The van der Waals surface area contributed by atoms with Crippen LogP contribution in [0.2, 0.25) is 10.0 Å². The zero-order chi connectivity index (χ0) is 14.9. The molecule has 0 saturated carbocycles. The lowest BCUT2D eigenvalue weighted by molar-refractivity contribution is 0.101. The second-order valence-electron chi connectivity index (χ2n) is 4.01. The van der Waals surface area contributed by atoms with E-state index >= 15 is 0 Å². The van der Waals surface area contributed by atoms with Gasteiger partial charge in [-0.3, -0.25) is 4.79 Å². The Hall–Kier alpha value is -0.490. The van der Waals surface area contributed by atoms with Crippen LogP contribution in [-0.2, 0) is 6.54 Å². The van der Waals surface area contributed by atoms with Gasteiger partial charge in [-0.25, -0.2) is 0 Å². The standard InChI is InChI=1S/C13H10Br2Cl2N2O/c1-2-19-6-7(14)5-10(19)13(20)18-9-4-3-8(15)11(16)12(9)17/h3-6H,2H2,1H3,(H,18,20). The van der Waals surface area contributed by atoms with Crippen molar-refractivity contribution in [3.05, 3.63) is 49.1 Å². The minimum Gasteiger partial charge on any atom is -0.343 e. The van der Waals surface area contributed by atoms with Crippen LogP contribution in [0.15, 0.2) is 33.3 Å². The predicted molar refractivity (Wildman–Crippen MR) is 89.9 cm³/mol. The number of nitrogens with zero attached hydrogens (tertiary/aromatic N) is 1. The molecule has 0 saturated heterocycles. The average Bonchev–Trinajstić information content (AvgIpc) is 2.80. The summed E-state index contributed by atoms with van der Waals surface area (Å²) < 4.78 is 3.37. The van der Waals surface area contributed by atoms with Gasteiger partial charge in [0.15, 0.2) is 0 Å². The quantitative estimate of drug-likeness (QED) is 0.620. The Kier molecular flexibility index (Phi) is 5.18. The Morgan fingerprint density at radius 2 is 2.00 bits per heavy atom. The van der Waals surface area contributed by atoms with Crippen molar-refractivity contribution >= 4 is 66.7 Å². The number of halogens is 4. The fourth-order valence-electron chi connectivity index (χ4n) is 1.74. The molecule has 1 aromatic heterocycles. The number of anilines is 1. The van der Waals surface area contributed by atoms with Crippen molar-refractivity contribution < 1.29 is 4.79 Å². The number of carbonyl (C=O) groups is 1. The van der Waals surface area contributed by atoms with Crippen molar-refractivity contribution in [1.82, 2.24) is 4.57 Å². The Balaban J connectivity index is 2.30. The summed E-state index contributed by atoms with van der Waals surface area (Å²) >= 11 is 18.8. The van der Waals surface area contributed by atoms with Crippen molar-refractivity contribution in [3.8, 4) is 0 Å². The maximum atomic E-state index is 12.3. The SMILES string of the molecule is CCn1cc(Br)cc1C(=O)Nc1ccc(Br)c(Cl)c1Cl. The number of amides is 1. The van der Waals surface area contributed by atoms with E-state index in [9.17, 15) is 4.79 Å². The van der Waals surface area contributed by atoms with Crippen LogP contribution in [0.1, 0.15) is 17.4 Å². The highest BCUT2D eigenvalue weighted by atomic mass is 79.9. The van der Waals surface area contributed by atoms with Gasteiger partial charge in [-0.05, 0) is 57.0 Å². The van der Waals surface area contributed by atoms with Crippen LogP contribution in [0.5, 0.6) is 0 Å². The minimum absolute atomic E-state index is 0.238. The third-order valence-electron chi connectivity index (χ3n) is 2.72. The van der Waals surface area contributed by atoms with Crippen molar-refractivity contribution in [3.63, 3.8) is 0 Å². The number of aromatic nitrogens is 1. The molecule has 20 heavy (non-hydrogen) atoms. The minimum atomic E-state index is -0.238. The molecule has 0 aliphatic heterocycles. The molecule has 0 radical (unpaired) electrons. The number of hydrogen-bond acceptors (Lipinski definition) is 1. The molecule has 0 unspecified atom stereocenters. The molecule has 1 aromatic carbocycles. The maximum absolute atomic E-state index is 12.3. The molecule has 3 nitrogen and oxygen atoms in total. The van der Waals surface area contributed by atoms with E-state index in [1.54, 1.807) is 18.2 Å². The molecule has 0 fully saturated rings. The van der Waals surface area contributed by atoms with E-state index in [4.69, 9.17) is 23.2 Å². The summed E-state index contributed by atoms with van der Waals surface area (Å²) in [5.41, 5.74) is 1.03. The summed E-state index contributed by atoms with van der Waals surface area (Å²) in [5, 5.41) is 3.44. The summed E-state index contributed by atoms with van der Waals surface area (Å²) in [6, 6.07) is 5.19. The number of carbonyl (C=O) groups excluding carboxylic acids is 1. The Morgan fingerprint density at radius 3 is 2.65 bits per heavy atom. The molecule has 2 rings (SSSR count). The summed E-state index contributed by atoms with van der Waals surface area (Å²) in [6.45, 7) is 2.66. The van der Waals surface area contributed by atoms with Gasteiger partial charge in [0, 0.05) is 21.7 Å². The zero-order valence-electron chi connectivity index (χ0n) is 10.4. The number of benzene rings is 1. The predicted octanol–water partition coefficient (Wildman–Crippen LogP) is 5.59. The highest BCUT2D eigenvalue weighted by molar-refractivity contribution is 9.10. The monoisotopic (exact) mass is 438 g/mol. The van der Waals surface area contributed by atoms with Crippen LogP contribution in [0, 0.1) is 0 Å². The fourth-order valence-corrected chi connectivity index (χ4v) is 3.02. The number of rotatable bonds is 3. The van der Waals surface area contributed by atoms with Crippen LogP contribution in [0.25, 0.3) is 0 Å². The molecule has 0 bridgehead atoms. The second kappa shape index (κ2) is 6.52. The third-order valence-corrected chi connectivity index (χ3v) is 4.92. The van der Waals surface area contributed by atoms with E-state index < -0.39 is 0 Å². The van der Waals surface area contributed by atoms with Gasteiger partial charge in [-0.15, -0.1) is 0 Å². The first-order valence-corrected chi connectivity index (χ1v) is 8.08. The van der Waals surface area contributed by atoms with E-state index in [2.05, 4.69) is 37.2 Å². The van der Waals surface area contributed by atoms with E-state index in [1.165, 1.54) is 0 Å². The first kappa shape index (κ1) is 15.9. The average molecular weight is 441 g/mol. The molecule has 1 heterocycles. The number of nitrogens with one attached hydrogen (secondary N) is 1. The molecule has 1 N–H and O–H groups in total. The zero-order valence-corrected chi connectivity index (χ0v) is 15.1. The van der Waals surface area contributed by atoms with Gasteiger partial charge >= 0.3 is 0 Å². The van der Waals surface area contributed by atoms with E-state index in [0.29, 0.717) is 32.4 Å². The van der Waals surface area contributed by atoms with Gasteiger partial charge in [0.05, 0.1) is 15.7 Å². The van der Waals surface area contributed by atoms with Crippen molar-refractivity contribution in [2.24, 2.45) is 0 Å². The molecule has 2 aromatic rings. The van der Waals surface area contributed by atoms with Gasteiger partial charge in [0.25, 0.3) is 5.91 Å². The normalized spacial score (nSPS) is 10.7. The van der Waals surface area contributed by atoms with Crippen molar-refractivity contribution in [1.29, 1.82) is 0 Å². The maximum Gasteiger partial charge on any atom is 0.272 e. The number of aryl methyl sites for hydroxylation is 1. The summed E-state index contributed by atoms with van der Waals surface area (Å²) in [6.07, 6.45) is 1.85. The van der Waals surface area contributed by atoms with Crippen LogP contribution in [-0.4, -0.2) is 10.5 Å². The molecule has 0 atom stereocenters. The lowest BCUT2D eigenvalue weighted by Crippen LogP contribution is -2.16. The fraction of sp³-hybridized carbons (Fsp3) is 0.154. The Labute approximate surface area is 143 Å². The van der Waals surface area contributed by atoms with Crippen LogP contribution < -0.4 is 5.32 Å². The van der Waals surface area contributed by atoms with Gasteiger partial charge in [0.2, 0.25) is 0 Å². The summed E-state index contributed by atoms with van der Waals surface area (Å²) in [7, 11) is 0. The molecule has 7 heteroatoms. The highest BCUT2D eigenvalue weighted by Crippen LogP contribution is 2.36. The van der Waals surface area contributed by atoms with E-state index in [1.807, 2.05) is 17.7 Å². The van der Waals surface area contributed by atoms with Gasteiger partial charge in [-0.1, -0.05) is 23.2 Å². The van der Waals surface area contributed by atoms with Gasteiger partial charge < -0.3 is 9.88 Å². The third kappa shape index (κ3) is 3.22. The second-order valence-corrected chi connectivity index (χ2v) is 6.53. The van der Waals surface area contributed by atoms with Crippen molar-refractivity contribution in [2.75, 3.05) is 5.32 Å². The summed E-state index contributed by atoms with van der Waals surface area (Å²) in [5.74, 6) is -0.238. The molecule has 0 spiro atoms. The largest absolute Gasteiger partial charge is 0.343 e. The van der Waals surface area contributed by atoms with Gasteiger partial charge in [0.1, 0.15) is 5.69 Å². The Morgan fingerprint density at radius 1 is 1.30 bits per heavy atom. The summed E-state index contributed by atoms with van der Waals surface area (Å²) in [4.78, 5) is 12.3. The number of hydrogen-bond donors (Lipinski definition) is 1. The Bertz CT molecular complexity index is 671. The van der Waals surface area contributed by atoms with Gasteiger partial charge in [-0.2, -0.15) is 0 Å². The first-order chi connectivity index (χ1) is 9.43. The lowest BCUT2D eigenvalue weighted by Gasteiger charge is -2.10. The van der Waals surface area contributed by atoms with Crippen LogP contribution in [0.3, 0.4) is 0 Å². The molecular formula is C13H10Br2Cl2N2O. The lowest BCUT2D eigenvalue weighted by atomic mass is 10.3. The van der Waals surface area contributed by atoms with Crippen LogP contribution in [0.4, 0.5) is 5.69 Å². The molecule has 1 amide bonds. The molecule has 0 aliphatic carbocycles. The van der Waals surface area contributed by atoms with Crippen molar-refractivity contribution in [2.45, 2.75) is 13.5 Å². The molecule has 0 aliphatic rings. The molecule has 106 valence electrons. The smallest absolute Gasteiger partial charge is 0.272 e. The first-order valence-electron chi connectivity index (χ1n) is 5.74. The van der Waals surface area contributed by atoms with Crippen LogP contribution >= 0.6 is 55.1 Å². The highest BCUT2D eigenvalue weighted by Gasteiger charge is 2.15. The van der Waals surface area contributed by atoms with E-state index in [0.717, 1.165) is 4.47 Å². The molecular weight excluding hydrogens is 431 g/mol.